The van der Waals surface area contributed by atoms with Crippen molar-refractivity contribution in [1.29, 1.82) is 0 Å². The van der Waals surface area contributed by atoms with Crippen LogP contribution >= 0.6 is 23.2 Å². The van der Waals surface area contributed by atoms with E-state index in [1.807, 2.05) is 49.4 Å². The molecule has 1 aliphatic carbocycles. The number of carbonyl (C=O) groups is 2. The normalized spacial score (nSPS) is 21.0. The lowest BCUT2D eigenvalue weighted by Gasteiger charge is -2.20. The Morgan fingerprint density at radius 1 is 0.943 bits per heavy atom. The van der Waals surface area contributed by atoms with Gasteiger partial charge in [0, 0.05) is 67.4 Å². The van der Waals surface area contributed by atoms with Gasteiger partial charge in [-0.3, -0.25) is 14.5 Å². The van der Waals surface area contributed by atoms with Crippen LogP contribution in [-0.2, 0) is 29.1 Å². The van der Waals surface area contributed by atoms with E-state index in [0.29, 0.717) is 66.6 Å². The molecule has 0 saturated carbocycles. The summed E-state index contributed by atoms with van der Waals surface area (Å²) < 4.78 is 17.8. The molecule has 0 spiro atoms. The van der Waals surface area contributed by atoms with E-state index in [1.165, 1.54) is 0 Å². The Labute approximate surface area is 319 Å². The number of carboxylic acids is 1. The van der Waals surface area contributed by atoms with Crippen LogP contribution in [0.25, 0.3) is 22.4 Å². The van der Waals surface area contributed by atoms with Crippen molar-refractivity contribution in [3.05, 3.63) is 86.9 Å². The fourth-order valence-electron chi connectivity index (χ4n) is 7.83. The lowest BCUT2D eigenvalue weighted by atomic mass is 9.94. The Morgan fingerprint density at radius 2 is 1.70 bits per heavy atom. The molecule has 2 aliphatic heterocycles. The summed E-state index contributed by atoms with van der Waals surface area (Å²) in [6.45, 7) is 4.80. The van der Waals surface area contributed by atoms with Crippen LogP contribution in [0.1, 0.15) is 54.5 Å². The first-order valence-corrected chi connectivity index (χ1v) is 18.7. The molecule has 13 heteroatoms. The summed E-state index contributed by atoms with van der Waals surface area (Å²) in [4.78, 5) is 34.8. The van der Waals surface area contributed by atoms with Gasteiger partial charge >= 0.3 is 5.97 Å². The molecule has 2 fully saturated rings. The van der Waals surface area contributed by atoms with E-state index in [-0.39, 0.29) is 29.9 Å². The fraction of sp³-hybridized carbons (Fsp3) is 0.400. The molecule has 278 valence electrons. The number of benzene rings is 2. The molecule has 2 aromatic heterocycles. The highest BCUT2D eigenvalue weighted by atomic mass is 35.5. The van der Waals surface area contributed by atoms with E-state index in [0.717, 1.165) is 58.2 Å². The summed E-state index contributed by atoms with van der Waals surface area (Å²) in [5.74, 6) is 0.175. The van der Waals surface area contributed by atoms with Crippen molar-refractivity contribution in [2.75, 3.05) is 33.9 Å². The number of rotatable bonds is 13. The molecule has 1 amide bonds. The van der Waals surface area contributed by atoms with Crippen LogP contribution in [0.4, 0.5) is 0 Å². The molecule has 11 nitrogen and oxygen atoms in total. The van der Waals surface area contributed by atoms with Crippen LogP contribution in [0.5, 0.6) is 17.6 Å². The first-order chi connectivity index (χ1) is 25.6. The molecular weight excluding hydrogens is 717 g/mol. The van der Waals surface area contributed by atoms with Crippen molar-refractivity contribution < 1.29 is 28.9 Å². The van der Waals surface area contributed by atoms with E-state index in [9.17, 15) is 14.7 Å². The van der Waals surface area contributed by atoms with Crippen LogP contribution in [-0.4, -0.2) is 71.7 Å². The van der Waals surface area contributed by atoms with Crippen LogP contribution in [0.15, 0.2) is 54.6 Å². The van der Waals surface area contributed by atoms with Gasteiger partial charge in [-0.05, 0) is 54.0 Å². The molecule has 0 radical (unpaired) electrons. The molecule has 4 heterocycles. The largest absolute Gasteiger partial charge is 0.481 e. The quantitative estimate of drug-likeness (QED) is 0.135. The second-order valence-electron chi connectivity index (χ2n) is 14.0. The number of hydrogen-bond acceptors (Lipinski definition) is 9. The van der Waals surface area contributed by atoms with Crippen molar-refractivity contribution >= 4 is 35.1 Å². The van der Waals surface area contributed by atoms with E-state index in [2.05, 4.69) is 32.7 Å². The van der Waals surface area contributed by atoms with Gasteiger partial charge in [-0.25, -0.2) is 4.98 Å². The maximum Gasteiger partial charge on any atom is 0.308 e. The number of pyridine rings is 2. The standard InChI is InChI=1S/C40H43Cl2N5O6/c1-22-19-47(21-31(22)40(49)50)20-24-16-32(41)39(46-38(24)52-3)53-34-14-12-27-26(6-4-7-28(27)34)29-8-5-9-30(36(29)42)33-13-10-23(37(45-33)51-2)17-43-18-25-11-15-35(48)44-25/h4-10,13,16,22,25,31,34,43H,11-12,14-15,17-21H2,1-3H3,(H,44,48)(H,49,50)/t22-,25+,31-,34+/m1/s1. The molecule has 2 saturated heterocycles. The van der Waals surface area contributed by atoms with Gasteiger partial charge in [0.15, 0.2) is 0 Å². The molecule has 7 rings (SSSR count). The number of ether oxygens (including phenoxy) is 3. The number of aromatic nitrogens is 2. The molecule has 4 atom stereocenters. The Morgan fingerprint density at radius 3 is 2.43 bits per heavy atom. The molecule has 3 aliphatic rings. The lowest BCUT2D eigenvalue weighted by Crippen LogP contribution is -2.35. The highest BCUT2D eigenvalue weighted by Crippen LogP contribution is 2.45. The summed E-state index contributed by atoms with van der Waals surface area (Å²) in [7, 11) is 3.17. The topological polar surface area (TPSA) is 135 Å². The number of likely N-dealkylation sites (tertiary alicyclic amines) is 1. The summed E-state index contributed by atoms with van der Waals surface area (Å²) in [5.41, 5.74) is 7.31. The highest BCUT2D eigenvalue weighted by molar-refractivity contribution is 6.36. The van der Waals surface area contributed by atoms with Gasteiger partial charge in [0.1, 0.15) is 11.1 Å². The first-order valence-electron chi connectivity index (χ1n) is 17.9. The monoisotopic (exact) mass is 759 g/mol. The Bertz CT molecular complexity index is 2030. The third-order valence-electron chi connectivity index (χ3n) is 10.5. The predicted octanol–water partition coefficient (Wildman–Crippen LogP) is 6.72. The van der Waals surface area contributed by atoms with Gasteiger partial charge < -0.3 is 30.0 Å². The minimum atomic E-state index is -0.775. The van der Waals surface area contributed by atoms with E-state index in [1.54, 1.807) is 14.2 Å². The number of nitrogens with one attached hydrogen (secondary N) is 2. The van der Waals surface area contributed by atoms with Crippen LogP contribution in [0, 0.1) is 11.8 Å². The molecule has 0 bridgehead atoms. The molecule has 4 aromatic rings. The number of carboxylic acid groups (broad SMARTS) is 1. The maximum atomic E-state index is 11.6. The summed E-state index contributed by atoms with van der Waals surface area (Å²) in [6.07, 6.45) is 2.64. The van der Waals surface area contributed by atoms with Gasteiger partial charge in [-0.2, -0.15) is 4.98 Å². The molecule has 2 aromatic carbocycles. The fourth-order valence-corrected chi connectivity index (χ4v) is 8.37. The smallest absolute Gasteiger partial charge is 0.308 e. The third kappa shape index (κ3) is 7.80. The van der Waals surface area contributed by atoms with Crippen molar-refractivity contribution in [1.82, 2.24) is 25.5 Å². The summed E-state index contributed by atoms with van der Waals surface area (Å²) in [6, 6.07) is 18.0. The lowest BCUT2D eigenvalue weighted by molar-refractivity contribution is -0.142. The van der Waals surface area contributed by atoms with Gasteiger partial charge in [0.05, 0.1) is 30.9 Å². The minimum absolute atomic E-state index is 0.0498. The van der Waals surface area contributed by atoms with Crippen molar-refractivity contribution in [2.45, 2.75) is 57.8 Å². The van der Waals surface area contributed by atoms with Gasteiger partial charge in [-0.15, -0.1) is 0 Å². The number of carbonyl (C=O) groups excluding carboxylic acids is 1. The zero-order valence-electron chi connectivity index (χ0n) is 30.0. The van der Waals surface area contributed by atoms with Gasteiger partial charge in [0.2, 0.25) is 23.5 Å². The number of aliphatic carboxylic acids is 1. The van der Waals surface area contributed by atoms with Crippen molar-refractivity contribution in [2.24, 2.45) is 11.8 Å². The minimum Gasteiger partial charge on any atom is -0.481 e. The van der Waals surface area contributed by atoms with E-state index >= 15 is 0 Å². The van der Waals surface area contributed by atoms with Crippen LogP contribution < -0.4 is 24.8 Å². The van der Waals surface area contributed by atoms with Crippen molar-refractivity contribution in [3.8, 4) is 40.0 Å². The van der Waals surface area contributed by atoms with E-state index < -0.39 is 11.9 Å². The average Bonchev–Trinajstić information content (AvgIpc) is 3.87. The average molecular weight is 761 g/mol. The summed E-state index contributed by atoms with van der Waals surface area (Å²) >= 11 is 13.9. The molecule has 0 unspecified atom stereocenters. The van der Waals surface area contributed by atoms with E-state index in [4.69, 9.17) is 42.4 Å². The first kappa shape index (κ1) is 36.9. The second kappa shape index (κ2) is 15.9. The number of amides is 1. The van der Waals surface area contributed by atoms with Gasteiger partial charge in [-0.1, -0.05) is 72.6 Å². The maximum absolute atomic E-state index is 11.6. The summed E-state index contributed by atoms with van der Waals surface area (Å²) in [5, 5.41) is 16.9. The Hall–Kier alpha value is -4.42. The number of fused-ring (bicyclic) bond motifs is 1. The number of methoxy groups -OCH3 is 2. The molecule has 3 N–H and O–H groups in total. The Balaban J connectivity index is 1.08. The Kier molecular flexibility index (Phi) is 11.1. The zero-order valence-corrected chi connectivity index (χ0v) is 31.5. The molecule has 53 heavy (non-hydrogen) atoms. The van der Waals surface area contributed by atoms with Crippen LogP contribution in [0.2, 0.25) is 10.0 Å². The number of hydrogen-bond donors (Lipinski definition) is 3. The SMILES string of the molecule is COc1nc(-c2cccc(-c3cccc4c3CC[C@@H]4Oc3nc(OC)c(CN4C[C@@H](C)[C@H](C(=O)O)C4)cc3Cl)c2Cl)ccc1CNC[C@@H]1CCC(=O)N1. The second-order valence-corrected chi connectivity index (χ2v) is 14.8. The number of halogens is 2. The van der Waals surface area contributed by atoms with Crippen LogP contribution in [0.3, 0.4) is 0 Å². The highest BCUT2D eigenvalue weighted by Gasteiger charge is 2.35. The predicted molar refractivity (Wildman–Crippen MR) is 203 cm³/mol. The molecular formula is C40H43Cl2N5O6. The zero-order chi connectivity index (χ0) is 37.2. The third-order valence-corrected chi connectivity index (χ3v) is 11.2. The van der Waals surface area contributed by atoms with Crippen molar-refractivity contribution in [3.63, 3.8) is 0 Å². The van der Waals surface area contributed by atoms with Gasteiger partial charge in [0.25, 0.3) is 0 Å². The number of nitrogens with zero attached hydrogens (tertiary/aromatic N) is 3.